The van der Waals surface area contributed by atoms with Crippen LogP contribution in [-0.4, -0.2) is 5.71 Å². The largest absolute Gasteiger partial charge is 0.278 e. The van der Waals surface area contributed by atoms with E-state index < -0.39 is 0 Å². The van der Waals surface area contributed by atoms with Crippen LogP contribution in [0.3, 0.4) is 0 Å². The number of fused-ring (bicyclic) bond motifs is 1. The third-order valence-electron chi connectivity index (χ3n) is 2.79. The van der Waals surface area contributed by atoms with Crippen molar-refractivity contribution in [1.29, 1.82) is 0 Å². The van der Waals surface area contributed by atoms with Gasteiger partial charge in [0.2, 0.25) is 0 Å². The first-order valence-corrected chi connectivity index (χ1v) is 5.39. The first-order chi connectivity index (χ1) is 7.93. The molecule has 0 saturated carbocycles. The number of hydrazone groups is 1. The summed E-state index contributed by atoms with van der Waals surface area (Å²) < 4.78 is 0. The van der Waals surface area contributed by atoms with Crippen LogP contribution < -0.4 is 5.43 Å². The van der Waals surface area contributed by atoms with Gasteiger partial charge in [0.1, 0.15) is 0 Å². The van der Waals surface area contributed by atoms with Gasteiger partial charge in [-0.3, -0.25) is 5.43 Å². The second kappa shape index (κ2) is 3.81. The summed E-state index contributed by atoms with van der Waals surface area (Å²) >= 11 is 0. The molecule has 2 aromatic carbocycles. The van der Waals surface area contributed by atoms with Crippen molar-refractivity contribution in [2.45, 2.75) is 6.42 Å². The van der Waals surface area contributed by atoms with Gasteiger partial charge in [-0.1, -0.05) is 48.5 Å². The third-order valence-corrected chi connectivity index (χ3v) is 2.79. The lowest BCUT2D eigenvalue weighted by Gasteiger charge is -2.16. The summed E-state index contributed by atoms with van der Waals surface area (Å²) in [6, 6.07) is 18.6. The second-order valence-corrected chi connectivity index (χ2v) is 3.87. The highest BCUT2D eigenvalue weighted by atomic mass is 15.3. The minimum absolute atomic E-state index is 0.896. The molecule has 0 fully saturated rings. The molecule has 0 bridgehead atoms. The Balaban J connectivity index is 1.95. The van der Waals surface area contributed by atoms with Gasteiger partial charge in [-0.05, 0) is 17.2 Å². The Bertz CT molecular complexity index is 529. The van der Waals surface area contributed by atoms with Gasteiger partial charge >= 0.3 is 0 Å². The zero-order valence-corrected chi connectivity index (χ0v) is 8.85. The van der Waals surface area contributed by atoms with Crippen LogP contribution in [-0.2, 0) is 6.42 Å². The lowest BCUT2D eigenvalue weighted by Crippen LogP contribution is -2.14. The SMILES string of the molecule is c1ccc(C2=NNc3ccccc3C2)cc1. The molecular weight excluding hydrogens is 196 g/mol. The normalized spacial score (nSPS) is 13.6. The molecular formula is C14H12N2. The van der Waals surface area contributed by atoms with Crippen LogP contribution in [0.4, 0.5) is 5.69 Å². The Morgan fingerprint density at radius 1 is 0.875 bits per heavy atom. The minimum atomic E-state index is 0.896. The maximum absolute atomic E-state index is 4.41. The predicted octanol–water partition coefficient (Wildman–Crippen LogP) is 3.06. The Morgan fingerprint density at radius 2 is 1.62 bits per heavy atom. The van der Waals surface area contributed by atoms with Crippen LogP contribution in [0.2, 0.25) is 0 Å². The van der Waals surface area contributed by atoms with Gasteiger partial charge in [-0.25, -0.2) is 0 Å². The van der Waals surface area contributed by atoms with Crippen molar-refractivity contribution < 1.29 is 0 Å². The number of nitrogens with zero attached hydrogens (tertiary/aromatic N) is 1. The minimum Gasteiger partial charge on any atom is -0.278 e. The average Bonchev–Trinajstić information content (AvgIpc) is 2.39. The van der Waals surface area contributed by atoms with Crippen LogP contribution >= 0.6 is 0 Å². The fourth-order valence-corrected chi connectivity index (χ4v) is 1.93. The quantitative estimate of drug-likeness (QED) is 0.765. The van der Waals surface area contributed by atoms with E-state index in [-0.39, 0.29) is 0 Å². The van der Waals surface area contributed by atoms with Crippen molar-refractivity contribution in [2.24, 2.45) is 5.10 Å². The van der Waals surface area contributed by atoms with Gasteiger partial charge in [0.25, 0.3) is 0 Å². The molecule has 2 nitrogen and oxygen atoms in total. The van der Waals surface area contributed by atoms with Crippen molar-refractivity contribution in [3.05, 3.63) is 65.7 Å². The van der Waals surface area contributed by atoms with Crippen LogP contribution in [0.15, 0.2) is 59.7 Å². The highest BCUT2D eigenvalue weighted by Gasteiger charge is 2.12. The van der Waals surface area contributed by atoms with Crippen molar-refractivity contribution in [3.63, 3.8) is 0 Å². The number of hydrogen-bond acceptors (Lipinski definition) is 2. The monoisotopic (exact) mass is 208 g/mol. The zero-order chi connectivity index (χ0) is 10.8. The molecule has 0 spiro atoms. The standard InChI is InChI=1S/C14H12N2/c1-2-6-11(7-3-1)14-10-12-8-4-5-9-13(12)15-16-14/h1-9,15H,10H2. The van der Waals surface area contributed by atoms with E-state index in [1.165, 1.54) is 11.1 Å². The van der Waals surface area contributed by atoms with Crippen LogP contribution in [0.1, 0.15) is 11.1 Å². The number of hydrogen-bond donors (Lipinski definition) is 1. The van der Waals surface area contributed by atoms with E-state index in [9.17, 15) is 0 Å². The number of para-hydroxylation sites is 1. The van der Waals surface area contributed by atoms with E-state index in [4.69, 9.17) is 0 Å². The van der Waals surface area contributed by atoms with Gasteiger partial charge in [-0.2, -0.15) is 5.10 Å². The van der Waals surface area contributed by atoms with Crippen molar-refractivity contribution in [1.82, 2.24) is 0 Å². The molecule has 3 rings (SSSR count). The topological polar surface area (TPSA) is 24.4 Å². The summed E-state index contributed by atoms with van der Waals surface area (Å²) in [4.78, 5) is 0. The molecule has 0 atom stereocenters. The number of benzene rings is 2. The maximum atomic E-state index is 4.41. The molecule has 1 aliphatic heterocycles. The Morgan fingerprint density at radius 3 is 2.50 bits per heavy atom. The molecule has 1 heterocycles. The number of anilines is 1. The zero-order valence-electron chi connectivity index (χ0n) is 8.85. The van der Waals surface area contributed by atoms with Crippen molar-refractivity contribution >= 4 is 11.4 Å². The predicted molar refractivity (Wildman–Crippen MR) is 66.7 cm³/mol. The Kier molecular flexibility index (Phi) is 2.18. The van der Waals surface area contributed by atoms with Crippen LogP contribution in [0.25, 0.3) is 0 Å². The highest BCUT2D eigenvalue weighted by Crippen LogP contribution is 2.21. The van der Waals surface area contributed by atoms with E-state index in [1.54, 1.807) is 0 Å². The van der Waals surface area contributed by atoms with Gasteiger partial charge < -0.3 is 0 Å². The summed E-state index contributed by atoms with van der Waals surface area (Å²) in [6.07, 6.45) is 0.896. The van der Waals surface area contributed by atoms with E-state index in [0.29, 0.717) is 0 Å². The van der Waals surface area contributed by atoms with Gasteiger partial charge in [-0.15, -0.1) is 0 Å². The second-order valence-electron chi connectivity index (χ2n) is 3.87. The molecule has 16 heavy (non-hydrogen) atoms. The van der Waals surface area contributed by atoms with E-state index in [2.05, 4.69) is 40.9 Å². The van der Waals surface area contributed by atoms with E-state index in [1.807, 2.05) is 24.3 Å². The van der Waals surface area contributed by atoms with Crippen molar-refractivity contribution in [3.8, 4) is 0 Å². The molecule has 1 N–H and O–H groups in total. The lowest BCUT2D eigenvalue weighted by atomic mass is 10.00. The van der Waals surface area contributed by atoms with Crippen LogP contribution in [0.5, 0.6) is 0 Å². The molecule has 0 aromatic heterocycles. The smallest absolute Gasteiger partial charge is 0.0723 e. The molecule has 2 aromatic rings. The van der Waals surface area contributed by atoms with Crippen molar-refractivity contribution in [2.75, 3.05) is 5.43 Å². The molecule has 0 amide bonds. The lowest BCUT2D eigenvalue weighted by molar-refractivity contribution is 1.18. The molecule has 0 radical (unpaired) electrons. The first-order valence-electron chi connectivity index (χ1n) is 5.39. The molecule has 2 heteroatoms. The Labute approximate surface area is 94.6 Å². The number of nitrogens with one attached hydrogen (secondary N) is 1. The van der Waals surface area contributed by atoms with Gasteiger partial charge in [0.15, 0.2) is 0 Å². The number of rotatable bonds is 1. The molecule has 78 valence electrons. The summed E-state index contributed by atoms with van der Waals surface area (Å²) in [7, 11) is 0. The van der Waals surface area contributed by atoms with Gasteiger partial charge in [0.05, 0.1) is 11.4 Å². The first kappa shape index (κ1) is 9.16. The molecule has 0 aliphatic carbocycles. The van der Waals surface area contributed by atoms with E-state index in [0.717, 1.165) is 17.8 Å². The summed E-state index contributed by atoms with van der Waals surface area (Å²) in [5, 5.41) is 4.41. The third kappa shape index (κ3) is 1.58. The summed E-state index contributed by atoms with van der Waals surface area (Å²) in [5.41, 5.74) is 7.80. The fraction of sp³-hybridized carbons (Fsp3) is 0.0714. The molecule has 1 aliphatic rings. The molecule has 0 unspecified atom stereocenters. The van der Waals surface area contributed by atoms with Crippen LogP contribution in [0, 0.1) is 0 Å². The highest BCUT2D eigenvalue weighted by molar-refractivity contribution is 6.03. The fourth-order valence-electron chi connectivity index (χ4n) is 1.93. The maximum Gasteiger partial charge on any atom is 0.0723 e. The summed E-state index contributed by atoms with van der Waals surface area (Å²) in [5.74, 6) is 0. The average molecular weight is 208 g/mol. The summed E-state index contributed by atoms with van der Waals surface area (Å²) in [6.45, 7) is 0. The van der Waals surface area contributed by atoms with Gasteiger partial charge in [0, 0.05) is 6.42 Å². The Hall–Kier alpha value is -2.09. The molecule has 0 saturated heterocycles. The van der Waals surface area contributed by atoms with E-state index >= 15 is 0 Å².